The predicted molar refractivity (Wildman–Crippen MR) is 67.7 cm³/mol. The Kier molecular flexibility index (Phi) is 2.79. The number of anilines is 1. The van der Waals surface area contributed by atoms with Crippen LogP contribution >= 0.6 is 0 Å². The van der Waals surface area contributed by atoms with Crippen molar-refractivity contribution in [3.8, 4) is 0 Å². The Morgan fingerprint density at radius 3 is 2.80 bits per heavy atom. The Balaban J connectivity index is 2.06. The summed E-state index contributed by atoms with van der Waals surface area (Å²) in [7, 11) is 1.73. The van der Waals surface area contributed by atoms with E-state index < -0.39 is 23.6 Å². The number of halogens is 2. The summed E-state index contributed by atoms with van der Waals surface area (Å²) in [6, 6.07) is 2.49. The molecule has 0 fully saturated rings. The molecular formula is C13H12F2N4O. The lowest BCUT2D eigenvalue weighted by Crippen LogP contribution is -2.32. The van der Waals surface area contributed by atoms with Gasteiger partial charge in [0.25, 0.3) is 0 Å². The third-order valence-corrected chi connectivity index (χ3v) is 3.45. The lowest BCUT2D eigenvalue weighted by Gasteiger charge is -2.17. The monoisotopic (exact) mass is 278 g/mol. The van der Waals surface area contributed by atoms with E-state index in [9.17, 15) is 13.6 Å². The molecule has 0 spiro atoms. The molecule has 2 aromatic rings. The molecule has 20 heavy (non-hydrogen) atoms. The molecule has 0 saturated heterocycles. The zero-order valence-corrected chi connectivity index (χ0v) is 10.7. The zero-order valence-electron chi connectivity index (χ0n) is 10.7. The van der Waals surface area contributed by atoms with Crippen molar-refractivity contribution in [3.63, 3.8) is 0 Å². The highest BCUT2D eigenvalue weighted by molar-refractivity contribution is 6.04. The molecule has 0 radical (unpaired) electrons. The quantitative estimate of drug-likeness (QED) is 0.899. The van der Waals surface area contributed by atoms with Crippen LogP contribution in [0.4, 0.5) is 14.5 Å². The number of nitrogens with zero attached hydrogens (tertiary/aromatic N) is 3. The fourth-order valence-electron chi connectivity index (χ4n) is 2.39. The van der Waals surface area contributed by atoms with Crippen molar-refractivity contribution in [1.82, 2.24) is 9.78 Å². The van der Waals surface area contributed by atoms with E-state index in [1.54, 1.807) is 24.0 Å². The van der Waals surface area contributed by atoms with Gasteiger partial charge in [-0.15, -0.1) is 0 Å². The van der Waals surface area contributed by atoms with Crippen LogP contribution < -0.4 is 10.6 Å². The maximum atomic E-state index is 13.8. The molecule has 0 saturated carbocycles. The van der Waals surface area contributed by atoms with Crippen molar-refractivity contribution in [3.05, 3.63) is 47.3 Å². The minimum absolute atomic E-state index is 0.0403. The first-order valence-corrected chi connectivity index (χ1v) is 6.02. The molecule has 1 aromatic heterocycles. The number of carbonyl (C=O) groups is 1. The van der Waals surface area contributed by atoms with Gasteiger partial charge in [0.05, 0.1) is 17.9 Å². The fourth-order valence-corrected chi connectivity index (χ4v) is 2.39. The Bertz CT molecular complexity index is 698. The Hall–Kier alpha value is -2.28. The average Bonchev–Trinajstić information content (AvgIpc) is 2.87. The summed E-state index contributed by atoms with van der Waals surface area (Å²) in [6.07, 6.45) is 1.59. The van der Waals surface area contributed by atoms with Gasteiger partial charge >= 0.3 is 0 Å². The molecule has 104 valence electrons. The smallest absolute Gasteiger partial charge is 0.249 e. The topological polar surface area (TPSA) is 64.2 Å². The zero-order chi connectivity index (χ0) is 14.4. The minimum Gasteiger partial charge on any atom is -0.316 e. The van der Waals surface area contributed by atoms with Gasteiger partial charge in [0.15, 0.2) is 0 Å². The molecule has 1 aliphatic rings. The number of hydrogen-bond donors (Lipinski definition) is 1. The van der Waals surface area contributed by atoms with Gasteiger partial charge in [-0.2, -0.15) is 5.10 Å². The van der Waals surface area contributed by atoms with E-state index in [1.807, 2.05) is 0 Å². The van der Waals surface area contributed by atoms with Gasteiger partial charge < -0.3 is 10.6 Å². The van der Waals surface area contributed by atoms with E-state index in [4.69, 9.17) is 5.73 Å². The number of nitrogens with two attached hydrogens (primary N) is 1. The molecule has 1 amide bonds. The van der Waals surface area contributed by atoms with Gasteiger partial charge in [0, 0.05) is 24.9 Å². The van der Waals surface area contributed by atoms with Crippen molar-refractivity contribution in [2.45, 2.75) is 12.6 Å². The summed E-state index contributed by atoms with van der Waals surface area (Å²) in [5.41, 5.74) is 6.68. The van der Waals surface area contributed by atoms with Crippen LogP contribution in [0.5, 0.6) is 0 Å². The molecule has 0 aliphatic carbocycles. The molecule has 1 aliphatic heterocycles. The number of hydrogen-bond acceptors (Lipinski definition) is 3. The maximum Gasteiger partial charge on any atom is 0.249 e. The standard InChI is InChI=1S/C13H12F2N4O/c1-18-8(2-3-17-18)6-19-10-5-7(14)4-9(15)11(10)12(16)13(19)20/h2-5,12H,6,16H2,1H3. The van der Waals surface area contributed by atoms with Gasteiger partial charge in [0.1, 0.15) is 17.7 Å². The SMILES string of the molecule is Cn1nccc1CN1C(=O)C(N)c2c(F)cc(F)cc21. The number of amides is 1. The molecule has 1 atom stereocenters. The van der Waals surface area contributed by atoms with E-state index in [0.717, 1.165) is 17.8 Å². The average molecular weight is 278 g/mol. The Labute approximate surface area is 113 Å². The normalized spacial score (nSPS) is 17.7. The van der Waals surface area contributed by atoms with Crippen LogP contribution in [0.2, 0.25) is 0 Å². The molecule has 7 heteroatoms. The molecule has 1 aromatic carbocycles. The second-order valence-corrected chi connectivity index (χ2v) is 4.67. The third-order valence-electron chi connectivity index (χ3n) is 3.45. The Morgan fingerprint density at radius 2 is 2.15 bits per heavy atom. The number of benzene rings is 1. The molecular weight excluding hydrogens is 266 g/mol. The van der Waals surface area contributed by atoms with E-state index in [1.165, 1.54) is 4.90 Å². The van der Waals surface area contributed by atoms with E-state index in [-0.39, 0.29) is 17.8 Å². The molecule has 3 rings (SSSR count). The number of fused-ring (bicyclic) bond motifs is 1. The van der Waals surface area contributed by atoms with Crippen LogP contribution in [-0.2, 0) is 18.4 Å². The lowest BCUT2D eigenvalue weighted by molar-refractivity contribution is -0.119. The highest BCUT2D eigenvalue weighted by Gasteiger charge is 2.38. The number of aromatic nitrogens is 2. The summed E-state index contributed by atoms with van der Waals surface area (Å²) in [4.78, 5) is 13.4. The van der Waals surface area contributed by atoms with Crippen LogP contribution in [0.15, 0.2) is 24.4 Å². The van der Waals surface area contributed by atoms with E-state index in [0.29, 0.717) is 0 Å². The van der Waals surface area contributed by atoms with Crippen molar-refractivity contribution < 1.29 is 13.6 Å². The predicted octanol–water partition coefficient (Wildman–Crippen LogP) is 1.24. The van der Waals surface area contributed by atoms with Crippen LogP contribution in [0.1, 0.15) is 17.3 Å². The fraction of sp³-hybridized carbons (Fsp3) is 0.231. The van der Waals surface area contributed by atoms with Crippen molar-refractivity contribution in [1.29, 1.82) is 0 Å². The van der Waals surface area contributed by atoms with E-state index >= 15 is 0 Å². The molecule has 2 N–H and O–H groups in total. The first-order chi connectivity index (χ1) is 9.49. The van der Waals surface area contributed by atoms with Gasteiger partial charge in [-0.05, 0) is 12.1 Å². The second kappa shape index (κ2) is 4.38. The van der Waals surface area contributed by atoms with Gasteiger partial charge in [-0.3, -0.25) is 9.48 Å². The summed E-state index contributed by atoms with van der Waals surface area (Å²) in [6.45, 7) is 0.166. The number of carbonyl (C=O) groups excluding carboxylic acids is 1. The Morgan fingerprint density at radius 1 is 1.40 bits per heavy atom. The highest BCUT2D eigenvalue weighted by Crippen LogP contribution is 2.37. The van der Waals surface area contributed by atoms with Gasteiger partial charge in [-0.25, -0.2) is 8.78 Å². The summed E-state index contributed by atoms with van der Waals surface area (Å²) in [5.74, 6) is -1.99. The first kappa shape index (κ1) is 12.7. The van der Waals surface area contributed by atoms with Crippen molar-refractivity contribution in [2.24, 2.45) is 12.8 Å². The molecule has 2 heterocycles. The number of aryl methyl sites for hydroxylation is 1. The minimum atomic E-state index is -1.10. The van der Waals surface area contributed by atoms with Gasteiger partial charge in [0.2, 0.25) is 5.91 Å². The summed E-state index contributed by atoms with van der Waals surface area (Å²) in [5, 5.41) is 3.99. The maximum absolute atomic E-state index is 13.8. The van der Waals surface area contributed by atoms with Gasteiger partial charge in [-0.1, -0.05) is 0 Å². The number of rotatable bonds is 2. The molecule has 0 bridgehead atoms. The first-order valence-electron chi connectivity index (χ1n) is 6.02. The van der Waals surface area contributed by atoms with E-state index in [2.05, 4.69) is 5.10 Å². The third kappa shape index (κ3) is 1.78. The van der Waals surface area contributed by atoms with Crippen molar-refractivity contribution >= 4 is 11.6 Å². The van der Waals surface area contributed by atoms with Crippen LogP contribution in [0.25, 0.3) is 0 Å². The molecule has 5 nitrogen and oxygen atoms in total. The van der Waals surface area contributed by atoms with Crippen molar-refractivity contribution in [2.75, 3.05) is 4.90 Å². The molecule has 1 unspecified atom stereocenters. The van der Waals surface area contributed by atoms with Crippen LogP contribution in [-0.4, -0.2) is 15.7 Å². The van der Waals surface area contributed by atoms with Crippen LogP contribution in [0.3, 0.4) is 0 Å². The summed E-state index contributed by atoms with van der Waals surface area (Å²) >= 11 is 0. The highest BCUT2D eigenvalue weighted by atomic mass is 19.1. The largest absolute Gasteiger partial charge is 0.316 e. The van der Waals surface area contributed by atoms with Crippen LogP contribution in [0, 0.1) is 11.6 Å². The lowest BCUT2D eigenvalue weighted by atomic mass is 10.1. The second-order valence-electron chi connectivity index (χ2n) is 4.67. The summed E-state index contributed by atoms with van der Waals surface area (Å²) < 4.78 is 28.8.